The molecule has 0 spiro atoms. The molecule has 0 heterocycles. The van der Waals surface area contributed by atoms with Gasteiger partial charge in [-0.25, -0.2) is 4.79 Å². The Balaban J connectivity index is 2.84. The van der Waals surface area contributed by atoms with Crippen molar-refractivity contribution in [1.82, 2.24) is 5.32 Å². The van der Waals surface area contributed by atoms with Gasteiger partial charge in [0.05, 0.1) is 6.61 Å². The van der Waals surface area contributed by atoms with Crippen LogP contribution in [0.2, 0.25) is 0 Å². The Morgan fingerprint density at radius 1 is 1.26 bits per heavy atom. The van der Waals surface area contributed by atoms with Crippen molar-refractivity contribution < 1.29 is 14.6 Å². The van der Waals surface area contributed by atoms with Crippen molar-refractivity contribution in [2.45, 2.75) is 45.1 Å². The molecular weight excluding hydrogens is 310 g/mol. The number of amides is 1. The van der Waals surface area contributed by atoms with Gasteiger partial charge in [0.1, 0.15) is 5.60 Å². The maximum Gasteiger partial charge on any atom is 0.407 e. The van der Waals surface area contributed by atoms with E-state index in [4.69, 9.17) is 4.74 Å². The number of aliphatic hydroxyl groups excluding tert-OH is 1. The Hall–Kier alpha value is -1.20. The molecule has 0 bridgehead atoms. The molecule has 23 heavy (non-hydrogen) atoms. The highest BCUT2D eigenvalue weighted by Gasteiger charge is 2.32. The zero-order valence-corrected chi connectivity index (χ0v) is 15.4. The minimum atomic E-state index is -0.531. The third-order valence-electron chi connectivity index (χ3n) is 3.59. The molecule has 0 radical (unpaired) electrons. The van der Waals surface area contributed by atoms with Crippen LogP contribution in [-0.2, 0) is 10.2 Å². The van der Waals surface area contributed by atoms with E-state index >= 15 is 0 Å². The largest absolute Gasteiger partial charge is 0.444 e. The summed E-state index contributed by atoms with van der Waals surface area (Å²) in [5.74, 6) is 1.97. The van der Waals surface area contributed by atoms with Crippen LogP contribution in [0.1, 0.15) is 39.7 Å². The SMILES string of the molecule is CCSCCC(CO)(CNC(=O)OC(C)(C)C)c1ccccc1. The molecule has 1 aromatic carbocycles. The van der Waals surface area contributed by atoms with Gasteiger partial charge >= 0.3 is 6.09 Å². The molecule has 0 aliphatic carbocycles. The van der Waals surface area contributed by atoms with E-state index in [2.05, 4.69) is 12.2 Å². The first-order valence-electron chi connectivity index (χ1n) is 8.04. The Morgan fingerprint density at radius 2 is 1.91 bits per heavy atom. The van der Waals surface area contributed by atoms with E-state index in [-0.39, 0.29) is 6.61 Å². The molecule has 0 aromatic heterocycles. The molecule has 0 aliphatic heterocycles. The van der Waals surface area contributed by atoms with Gasteiger partial charge in [-0.2, -0.15) is 11.8 Å². The standard InChI is InChI=1S/C18H29NO3S/c1-5-23-12-11-18(14-20,15-9-7-6-8-10-15)13-19-16(21)22-17(2,3)4/h6-10,20H,5,11-14H2,1-4H3,(H,19,21). The Kier molecular flexibility index (Phi) is 7.92. The molecular formula is C18H29NO3S. The summed E-state index contributed by atoms with van der Waals surface area (Å²) >= 11 is 1.83. The number of rotatable bonds is 8. The highest BCUT2D eigenvalue weighted by Crippen LogP contribution is 2.29. The monoisotopic (exact) mass is 339 g/mol. The third-order valence-corrected chi connectivity index (χ3v) is 4.49. The molecule has 130 valence electrons. The third kappa shape index (κ3) is 6.83. The van der Waals surface area contributed by atoms with E-state index in [1.807, 2.05) is 62.9 Å². The number of carbonyl (C=O) groups is 1. The van der Waals surface area contributed by atoms with E-state index in [1.54, 1.807) is 0 Å². The smallest absolute Gasteiger partial charge is 0.407 e. The minimum Gasteiger partial charge on any atom is -0.444 e. The Bertz CT molecular complexity index is 473. The first kappa shape index (κ1) is 19.8. The molecule has 2 N–H and O–H groups in total. The molecule has 0 saturated heterocycles. The van der Waals surface area contributed by atoms with Crippen LogP contribution in [-0.4, -0.2) is 41.5 Å². The fourth-order valence-electron chi connectivity index (χ4n) is 2.32. The Labute approximate surface area is 144 Å². The second-order valence-electron chi connectivity index (χ2n) is 6.61. The van der Waals surface area contributed by atoms with Crippen molar-refractivity contribution in [3.8, 4) is 0 Å². The van der Waals surface area contributed by atoms with Crippen molar-refractivity contribution in [3.05, 3.63) is 35.9 Å². The van der Waals surface area contributed by atoms with Gasteiger partial charge in [-0.3, -0.25) is 0 Å². The number of aliphatic hydroxyl groups is 1. The van der Waals surface area contributed by atoms with Crippen LogP contribution in [0.4, 0.5) is 4.79 Å². The zero-order valence-electron chi connectivity index (χ0n) is 14.6. The van der Waals surface area contributed by atoms with Crippen molar-refractivity contribution in [3.63, 3.8) is 0 Å². The first-order chi connectivity index (χ1) is 10.8. The normalized spacial score (nSPS) is 14.1. The van der Waals surface area contributed by atoms with Gasteiger partial charge in [-0.05, 0) is 44.3 Å². The molecule has 1 aromatic rings. The summed E-state index contributed by atoms with van der Waals surface area (Å²) < 4.78 is 5.30. The van der Waals surface area contributed by atoms with E-state index in [0.29, 0.717) is 6.54 Å². The number of hydrogen-bond donors (Lipinski definition) is 2. The van der Waals surface area contributed by atoms with Crippen LogP contribution < -0.4 is 5.32 Å². The number of alkyl carbamates (subject to hydrolysis) is 1. The summed E-state index contributed by atoms with van der Waals surface area (Å²) in [6.45, 7) is 7.96. The predicted octanol–water partition coefficient (Wildman–Crippen LogP) is 3.58. The van der Waals surface area contributed by atoms with Gasteiger partial charge in [0.15, 0.2) is 0 Å². The highest BCUT2D eigenvalue weighted by atomic mass is 32.2. The topological polar surface area (TPSA) is 58.6 Å². The predicted molar refractivity (Wildman–Crippen MR) is 97.1 cm³/mol. The molecule has 1 rings (SSSR count). The quantitative estimate of drug-likeness (QED) is 0.711. The van der Waals surface area contributed by atoms with Gasteiger partial charge < -0.3 is 15.2 Å². The van der Waals surface area contributed by atoms with Crippen molar-refractivity contribution in [2.75, 3.05) is 24.7 Å². The lowest BCUT2D eigenvalue weighted by Crippen LogP contribution is -2.45. The maximum absolute atomic E-state index is 12.0. The summed E-state index contributed by atoms with van der Waals surface area (Å²) in [5.41, 5.74) is 0.0205. The molecule has 4 nitrogen and oxygen atoms in total. The van der Waals surface area contributed by atoms with E-state index in [9.17, 15) is 9.90 Å². The molecule has 5 heteroatoms. The second kappa shape index (κ2) is 9.18. The van der Waals surface area contributed by atoms with Crippen molar-refractivity contribution in [2.24, 2.45) is 0 Å². The number of thioether (sulfide) groups is 1. The zero-order chi connectivity index (χ0) is 17.3. The van der Waals surface area contributed by atoms with E-state index < -0.39 is 17.1 Å². The number of ether oxygens (including phenoxy) is 1. The molecule has 0 aliphatic rings. The number of benzene rings is 1. The number of hydrogen-bond acceptors (Lipinski definition) is 4. The van der Waals surface area contributed by atoms with Gasteiger partial charge in [0.25, 0.3) is 0 Å². The van der Waals surface area contributed by atoms with Gasteiger partial charge in [0.2, 0.25) is 0 Å². The second-order valence-corrected chi connectivity index (χ2v) is 8.00. The number of nitrogens with one attached hydrogen (secondary N) is 1. The average Bonchev–Trinajstić information content (AvgIpc) is 2.50. The van der Waals surface area contributed by atoms with Crippen LogP contribution in [0.3, 0.4) is 0 Å². The average molecular weight is 340 g/mol. The lowest BCUT2D eigenvalue weighted by molar-refractivity contribution is 0.0502. The summed E-state index contributed by atoms with van der Waals surface area (Å²) in [4.78, 5) is 12.0. The maximum atomic E-state index is 12.0. The fraction of sp³-hybridized carbons (Fsp3) is 0.611. The molecule has 1 amide bonds. The van der Waals surface area contributed by atoms with Crippen LogP contribution >= 0.6 is 11.8 Å². The molecule has 1 unspecified atom stereocenters. The lowest BCUT2D eigenvalue weighted by Gasteiger charge is -2.33. The Morgan fingerprint density at radius 3 is 2.43 bits per heavy atom. The van der Waals surface area contributed by atoms with Crippen LogP contribution in [0, 0.1) is 0 Å². The number of carbonyl (C=O) groups excluding carboxylic acids is 1. The lowest BCUT2D eigenvalue weighted by atomic mass is 9.78. The summed E-state index contributed by atoms with van der Waals surface area (Å²) in [6, 6.07) is 9.88. The van der Waals surface area contributed by atoms with Crippen LogP contribution in [0.15, 0.2) is 30.3 Å². The minimum absolute atomic E-state index is 0.0168. The van der Waals surface area contributed by atoms with Crippen molar-refractivity contribution in [1.29, 1.82) is 0 Å². The summed E-state index contributed by atoms with van der Waals surface area (Å²) in [6.07, 6.45) is 0.344. The highest BCUT2D eigenvalue weighted by molar-refractivity contribution is 7.99. The molecule has 0 fully saturated rings. The summed E-state index contributed by atoms with van der Waals surface area (Å²) in [5, 5.41) is 12.9. The first-order valence-corrected chi connectivity index (χ1v) is 9.19. The van der Waals surface area contributed by atoms with Gasteiger partial charge in [-0.1, -0.05) is 37.3 Å². The fourth-order valence-corrected chi connectivity index (χ4v) is 3.14. The van der Waals surface area contributed by atoms with Crippen molar-refractivity contribution >= 4 is 17.9 Å². The van der Waals surface area contributed by atoms with Gasteiger partial charge in [-0.15, -0.1) is 0 Å². The summed E-state index contributed by atoms with van der Waals surface area (Å²) in [7, 11) is 0. The van der Waals surface area contributed by atoms with Crippen LogP contribution in [0.5, 0.6) is 0 Å². The van der Waals surface area contributed by atoms with E-state index in [0.717, 1.165) is 23.5 Å². The molecule has 1 atom stereocenters. The molecule has 0 saturated carbocycles. The van der Waals surface area contributed by atoms with Crippen LogP contribution in [0.25, 0.3) is 0 Å². The van der Waals surface area contributed by atoms with E-state index in [1.165, 1.54) is 0 Å². The van der Waals surface area contributed by atoms with Gasteiger partial charge in [0, 0.05) is 12.0 Å².